The molecule has 1 aliphatic rings. The van der Waals surface area contributed by atoms with Gasteiger partial charge in [-0.2, -0.15) is 0 Å². The molecule has 3 rings (SSSR count). The lowest BCUT2D eigenvalue weighted by molar-refractivity contribution is 0.0145. The van der Waals surface area contributed by atoms with Crippen molar-refractivity contribution in [2.24, 2.45) is 11.1 Å². The summed E-state index contributed by atoms with van der Waals surface area (Å²) < 4.78 is 26.1. The maximum atomic E-state index is 15.0. The van der Waals surface area contributed by atoms with Crippen molar-refractivity contribution in [2.75, 3.05) is 0 Å². The van der Waals surface area contributed by atoms with E-state index in [1.807, 2.05) is 58.0 Å². The minimum absolute atomic E-state index is 0.0440. The number of primary amides is 1. The van der Waals surface area contributed by atoms with Gasteiger partial charge in [-0.25, -0.2) is 9.18 Å². The molecule has 144 valence electrons. The van der Waals surface area contributed by atoms with Gasteiger partial charge in [0.25, 0.3) is 0 Å². The molecule has 0 saturated heterocycles. The van der Waals surface area contributed by atoms with E-state index >= 15 is 4.39 Å². The van der Waals surface area contributed by atoms with Crippen LogP contribution in [-0.2, 0) is 11.2 Å². The molecule has 27 heavy (non-hydrogen) atoms. The molecule has 1 aliphatic carbocycles. The summed E-state index contributed by atoms with van der Waals surface area (Å²) in [7, 11) is 0. The molecule has 4 nitrogen and oxygen atoms in total. The van der Waals surface area contributed by atoms with Crippen LogP contribution in [0.4, 0.5) is 9.18 Å². The summed E-state index contributed by atoms with van der Waals surface area (Å²) in [5.41, 5.74) is 7.89. The van der Waals surface area contributed by atoms with Gasteiger partial charge in [0, 0.05) is 11.0 Å². The number of fused-ring (bicyclic) bond motifs is 1. The fourth-order valence-electron chi connectivity index (χ4n) is 3.67. The third kappa shape index (κ3) is 4.07. The molecule has 0 fully saturated rings. The Morgan fingerprint density at radius 2 is 2.00 bits per heavy atom. The molecule has 0 bridgehead atoms. The number of ether oxygens (including phenoxy) is 2. The van der Waals surface area contributed by atoms with Crippen LogP contribution in [0.1, 0.15) is 51.3 Å². The Bertz CT molecular complexity index is 861. The van der Waals surface area contributed by atoms with Crippen molar-refractivity contribution < 1.29 is 18.7 Å². The first-order valence-corrected chi connectivity index (χ1v) is 9.23. The van der Waals surface area contributed by atoms with E-state index in [4.69, 9.17) is 15.2 Å². The molecule has 1 atom stereocenters. The van der Waals surface area contributed by atoms with Crippen LogP contribution in [0.2, 0.25) is 0 Å². The van der Waals surface area contributed by atoms with Crippen LogP contribution >= 0.6 is 0 Å². The summed E-state index contributed by atoms with van der Waals surface area (Å²) >= 11 is 0. The second-order valence-electron chi connectivity index (χ2n) is 8.03. The average Bonchev–Trinajstić information content (AvgIpc) is 2.57. The van der Waals surface area contributed by atoms with Crippen LogP contribution < -0.4 is 10.5 Å². The number of carbonyl (C=O) groups excluding carboxylic acids is 1. The average molecular weight is 371 g/mol. The third-order valence-corrected chi connectivity index (χ3v) is 5.01. The van der Waals surface area contributed by atoms with E-state index in [-0.39, 0.29) is 17.3 Å². The SMILES string of the molecule is CC(C)Oc1cccc(-c2cc3c(cc2F)[C@H](OC(N)=O)C(C)(C)CC3)c1. The van der Waals surface area contributed by atoms with Crippen molar-refractivity contribution in [1.82, 2.24) is 0 Å². The zero-order valence-corrected chi connectivity index (χ0v) is 16.2. The second kappa shape index (κ2) is 7.22. The first-order valence-electron chi connectivity index (χ1n) is 9.23. The molecular formula is C22H26FNO3. The highest BCUT2D eigenvalue weighted by molar-refractivity contribution is 5.68. The molecule has 0 heterocycles. The standard InChI is InChI=1S/C22H26FNO3/c1-13(2)26-16-7-5-6-14(10-16)17-11-15-8-9-22(3,4)20(27-21(24)25)18(15)12-19(17)23/h5-7,10-13,20H,8-9H2,1-4H3,(H2,24,25)/t20-/m0/s1. The Kier molecular flexibility index (Phi) is 5.13. The van der Waals surface area contributed by atoms with Crippen LogP contribution in [0.15, 0.2) is 36.4 Å². The summed E-state index contributed by atoms with van der Waals surface area (Å²) in [4.78, 5) is 11.4. The first-order chi connectivity index (χ1) is 12.7. The summed E-state index contributed by atoms with van der Waals surface area (Å²) in [5.74, 6) is 0.349. The van der Waals surface area contributed by atoms with Gasteiger partial charge in [-0.3, -0.25) is 0 Å². The Labute approximate surface area is 159 Å². The lowest BCUT2D eigenvalue weighted by Gasteiger charge is -2.39. The largest absolute Gasteiger partial charge is 0.491 e. The van der Waals surface area contributed by atoms with Crippen molar-refractivity contribution in [3.8, 4) is 16.9 Å². The maximum absolute atomic E-state index is 15.0. The number of hydrogen-bond acceptors (Lipinski definition) is 3. The highest BCUT2D eigenvalue weighted by Crippen LogP contribution is 2.47. The van der Waals surface area contributed by atoms with Gasteiger partial charge in [-0.1, -0.05) is 26.0 Å². The summed E-state index contributed by atoms with van der Waals surface area (Å²) in [6.07, 6.45) is 0.250. The van der Waals surface area contributed by atoms with Crippen LogP contribution in [0.25, 0.3) is 11.1 Å². The van der Waals surface area contributed by atoms with Gasteiger partial charge in [0.2, 0.25) is 0 Å². The molecule has 2 aromatic carbocycles. The first kappa shape index (κ1) is 19.2. The molecule has 0 radical (unpaired) electrons. The molecule has 0 spiro atoms. The molecule has 1 amide bonds. The highest BCUT2D eigenvalue weighted by atomic mass is 19.1. The molecule has 5 heteroatoms. The number of rotatable bonds is 4. The quantitative estimate of drug-likeness (QED) is 0.784. The Hall–Kier alpha value is -2.56. The van der Waals surface area contributed by atoms with Crippen LogP contribution in [0.5, 0.6) is 5.75 Å². The van der Waals surface area contributed by atoms with E-state index in [1.54, 1.807) is 0 Å². The topological polar surface area (TPSA) is 61.6 Å². The molecule has 2 N–H and O–H groups in total. The number of amides is 1. The lowest BCUT2D eigenvalue weighted by Crippen LogP contribution is -2.33. The van der Waals surface area contributed by atoms with Crippen molar-refractivity contribution in [2.45, 2.75) is 52.7 Å². The molecular weight excluding hydrogens is 345 g/mol. The van der Waals surface area contributed by atoms with E-state index in [0.29, 0.717) is 16.9 Å². The Morgan fingerprint density at radius 3 is 2.67 bits per heavy atom. The summed E-state index contributed by atoms with van der Waals surface area (Å²) in [6.45, 7) is 7.91. The minimum Gasteiger partial charge on any atom is -0.491 e. The van der Waals surface area contributed by atoms with Crippen LogP contribution in [0.3, 0.4) is 0 Å². The number of nitrogens with two attached hydrogens (primary N) is 1. The monoisotopic (exact) mass is 371 g/mol. The van der Waals surface area contributed by atoms with Crippen LogP contribution in [-0.4, -0.2) is 12.2 Å². The van der Waals surface area contributed by atoms with Gasteiger partial charge < -0.3 is 15.2 Å². The van der Waals surface area contributed by atoms with Gasteiger partial charge >= 0.3 is 6.09 Å². The lowest BCUT2D eigenvalue weighted by atomic mass is 9.71. The van der Waals surface area contributed by atoms with E-state index in [1.165, 1.54) is 6.07 Å². The van der Waals surface area contributed by atoms with Crippen molar-refractivity contribution in [3.05, 3.63) is 53.3 Å². The van der Waals surface area contributed by atoms with E-state index in [2.05, 4.69) is 0 Å². The number of aryl methyl sites for hydroxylation is 1. The second-order valence-corrected chi connectivity index (χ2v) is 8.03. The van der Waals surface area contributed by atoms with Gasteiger partial charge in [0.1, 0.15) is 17.7 Å². The normalized spacial score (nSPS) is 18.1. The molecule has 0 unspecified atom stereocenters. The van der Waals surface area contributed by atoms with E-state index < -0.39 is 12.2 Å². The molecule has 0 aromatic heterocycles. The molecule has 0 aliphatic heterocycles. The number of hydrogen-bond donors (Lipinski definition) is 1. The van der Waals surface area contributed by atoms with Gasteiger partial charge in [0.05, 0.1) is 6.10 Å². The fourth-order valence-corrected chi connectivity index (χ4v) is 3.67. The molecule has 2 aromatic rings. The number of carbonyl (C=O) groups is 1. The predicted molar refractivity (Wildman–Crippen MR) is 103 cm³/mol. The zero-order chi connectivity index (χ0) is 19.8. The maximum Gasteiger partial charge on any atom is 0.405 e. The zero-order valence-electron chi connectivity index (χ0n) is 16.2. The van der Waals surface area contributed by atoms with Gasteiger partial charge in [-0.05, 0) is 67.6 Å². The third-order valence-electron chi connectivity index (χ3n) is 5.01. The molecule has 0 saturated carbocycles. The number of benzene rings is 2. The Morgan fingerprint density at radius 1 is 1.26 bits per heavy atom. The summed E-state index contributed by atoms with van der Waals surface area (Å²) in [6, 6.07) is 10.8. The van der Waals surface area contributed by atoms with Gasteiger partial charge in [0.15, 0.2) is 0 Å². The van der Waals surface area contributed by atoms with Crippen molar-refractivity contribution >= 4 is 6.09 Å². The predicted octanol–water partition coefficient (Wildman–Crippen LogP) is 5.39. The fraction of sp³-hybridized carbons (Fsp3) is 0.409. The Balaban J connectivity index is 2.03. The summed E-state index contributed by atoms with van der Waals surface area (Å²) in [5, 5.41) is 0. The van der Waals surface area contributed by atoms with E-state index in [0.717, 1.165) is 24.0 Å². The van der Waals surface area contributed by atoms with Crippen molar-refractivity contribution in [1.29, 1.82) is 0 Å². The smallest absolute Gasteiger partial charge is 0.405 e. The number of halogens is 1. The highest BCUT2D eigenvalue weighted by Gasteiger charge is 2.39. The minimum atomic E-state index is -0.844. The van der Waals surface area contributed by atoms with E-state index in [9.17, 15) is 4.79 Å². The van der Waals surface area contributed by atoms with Crippen molar-refractivity contribution in [3.63, 3.8) is 0 Å². The van der Waals surface area contributed by atoms with Gasteiger partial charge in [-0.15, -0.1) is 0 Å². The van der Waals surface area contributed by atoms with Crippen LogP contribution in [0, 0.1) is 11.2 Å².